The molecule has 14 heavy (non-hydrogen) atoms. The predicted octanol–water partition coefficient (Wildman–Crippen LogP) is 2.90. The number of rotatable bonds is 1. The number of hydrogen-bond donors (Lipinski definition) is 1. The number of nitrogens with two attached hydrogens (primary N) is 1. The summed E-state index contributed by atoms with van der Waals surface area (Å²) in [5.74, 6) is 0. The van der Waals surface area contributed by atoms with E-state index in [1.54, 1.807) is 0 Å². The Morgan fingerprint density at radius 2 is 2.21 bits per heavy atom. The third kappa shape index (κ3) is 1.84. The summed E-state index contributed by atoms with van der Waals surface area (Å²) in [7, 11) is 0. The summed E-state index contributed by atoms with van der Waals surface area (Å²) in [5, 5.41) is 2.02. The molecule has 0 spiro atoms. The lowest BCUT2D eigenvalue weighted by Crippen LogP contribution is -2.44. The van der Waals surface area contributed by atoms with Gasteiger partial charge >= 0.3 is 0 Å². The number of aromatic nitrogens is 1. The van der Waals surface area contributed by atoms with Gasteiger partial charge in [0.15, 0.2) is 0 Å². The van der Waals surface area contributed by atoms with E-state index in [0.717, 1.165) is 18.5 Å². The molecule has 1 fully saturated rings. The summed E-state index contributed by atoms with van der Waals surface area (Å²) < 4.78 is 4.39. The molecule has 1 saturated carbocycles. The van der Waals surface area contributed by atoms with Gasteiger partial charge in [0.25, 0.3) is 0 Å². The zero-order valence-electron chi connectivity index (χ0n) is 8.92. The maximum atomic E-state index is 6.44. The predicted molar refractivity (Wildman–Crippen MR) is 60.2 cm³/mol. The van der Waals surface area contributed by atoms with Crippen molar-refractivity contribution in [2.24, 2.45) is 11.1 Å². The Balaban J connectivity index is 2.24. The first kappa shape index (κ1) is 10.1. The molecule has 1 unspecified atom stereocenters. The van der Waals surface area contributed by atoms with Gasteiger partial charge in [-0.15, -0.1) is 0 Å². The van der Waals surface area contributed by atoms with Gasteiger partial charge in [0.2, 0.25) is 0 Å². The van der Waals surface area contributed by atoms with Crippen LogP contribution in [0.5, 0.6) is 0 Å². The van der Waals surface area contributed by atoms with Crippen molar-refractivity contribution in [2.75, 3.05) is 0 Å². The summed E-state index contributed by atoms with van der Waals surface area (Å²) >= 11 is 1.50. The van der Waals surface area contributed by atoms with Crippen LogP contribution < -0.4 is 5.73 Å². The Morgan fingerprint density at radius 1 is 1.43 bits per heavy atom. The minimum atomic E-state index is -0.165. The van der Waals surface area contributed by atoms with Gasteiger partial charge in [-0.2, -0.15) is 4.37 Å². The van der Waals surface area contributed by atoms with E-state index in [1.807, 2.05) is 5.38 Å². The van der Waals surface area contributed by atoms with Crippen LogP contribution in [0.2, 0.25) is 0 Å². The summed E-state index contributed by atoms with van der Waals surface area (Å²) in [6.07, 6.45) is 4.65. The molecule has 3 heteroatoms. The SMILES string of the molecule is CC1(C)CCCC(N)(c2ccsn2)C1. The Labute approximate surface area is 89.7 Å². The van der Waals surface area contributed by atoms with E-state index in [1.165, 1.54) is 24.4 Å². The molecule has 0 amide bonds. The highest BCUT2D eigenvalue weighted by atomic mass is 32.1. The van der Waals surface area contributed by atoms with E-state index < -0.39 is 0 Å². The molecule has 0 aliphatic heterocycles. The molecule has 1 aromatic heterocycles. The maximum absolute atomic E-state index is 6.44. The summed E-state index contributed by atoms with van der Waals surface area (Å²) in [6, 6.07) is 2.08. The average Bonchev–Trinajstić information content (AvgIpc) is 2.52. The van der Waals surface area contributed by atoms with Crippen molar-refractivity contribution in [1.82, 2.24) is 4.37 Å². The fraction of sp³-hybridized carbons (Fsp3) is 0.727. The highest BCUT2D eigenvalue weighted by Crippen LogP contribution is 2.44. The van der Waals surface area contributed by atoms with E-state index in [0.29, 0.717) is 5.41 Å². The molecule has 1 aromatic rings. The summed E-state index contributed by atoms with van der Waals surface area (Å²) in [5.41, 5.74) is 7.74. The van der Waals surface area contributed by atoms with Gasteiger partial charge in [-0.25, -0.2) is 0 Å². The fourth-order valence-electron chi connectivity index (χ4n) is 2.60. The molecule has 1 heterocycles. The second kappa shape index (κ2) is 3.31. The van der Waals surface area contributed by atoms with Gasteiger partial charge in [-0.05, 0) is 42.3 Å². The standard InChI is InChI=1S/C11H18N2S/c1-10(2)5-3-6-11(12,8-10)9-4-7-14-13-9/h4,7H,3,5-6,8,12H2,1-2H3. The molecule has 2 rings (SSSR count). The lowest BCUT2D eigenvalue weighted by molar-refractivity contribution is 0.149. The zero-order chi connectivity index (χ0) is 10.2. The molecular formula is C11H18N2S. The Kier molecular flexibility index (Phi) is 2.40. The molecule has 0 saturated heterocycles. The molecule has 1 aliphatic rings. The fourth-order valence-corrected chi connectivity index (χ4v) is 3.21. The Hall–Kier alpha value is -0.410. The first-order valence-corrected chi connectivity index (χ1v) is 6.05. The van der Waals surface area contributed by atoms with Crippen LogP contribution in [0.15, 0.2) is 11.4 Å². The normalized spacial score (nSPS) is 31.6. The van der Waals surface area contributed by atoms with Crippen LogP contribution >= 0.6 is 11.5 Å². The number of hydrogen-bond acceptors (Lipinski definition) is 3. The molecule has 0 radical (unpaired) electrons. The van der Waals surface area contributed by atoms with Gasteiger partial charge in [0.05, 0.1) is 11.2 Å². The van der Waals surface area contributed by atoms with E-state index in [4.69, 9.17) is 5.73 Å². The van der Waals surface area contributed by atoms with Crippen molar-refractivity contribution >= 4 is 11.5 Å². The number of nitrogens with zero attached hydrogens (tertiary/aromatic N) is 1. The highest BCUT2D eigenvalue weighted by molar-refractivity contribution is 7.03. The van der Waals surface area contributed by atoms with Crippen LogP contribution in [-0.4, -0.2) is 4.37 Å². The molecular weight excluding hydrogens is 192 g/mol. The van der Waals surface area contributed by atoms with Crippen molar-refractivity contribution in [3.05, 3.63) is 17.1 Å². The quantitative estimate of drug-likeness (QED) is 0.774. The van der Waals surface area contributed by atoms with Crippen LogP contribution in [-0.2, 0) is 5.54 Å². The highest BCUT2D eigenvalue weighted by Gasteiger charge is 2.39. The molecule has 2 N–H and O–H groups in total. The van der Waals surface area contributed by atoms with E-state index in [9.17, 15) is 0 Å². The molecule has 2 nitrogen and oxygen atoms in total. The second-order valence-electron chi connectivity index (χ2n) is 5.24. The van der Waals surface area contributed by atoms with Gasteiger partial charge in [-0.1, -0.05) is 20.3 Å². The topological polar surface area (TPSA) is 38.9 Å². The molecule has 0 bridgehead atoms. The average molecular weight is 210 g/mol. The van der Waals surface area contributed by atoms with Crippen molar-refractivity contribution in [3.63, 3.8) is 0 Å². The van der Waals surface area contributed by atoms with E-state index >= 15 is 0 Å². The first-order valence-electron chi connectivity index (χ1n) is 5.22. The van der Waals surface area contributed by atoms with Crippen LogP contribution in [0.1, 0.15) is 45.2 Å². The Bertz CT molecular complexity index is 305. The van der Waals surface area contributed by atoms with E-state index in [2.05, 4.69) is 24.3 Å². The monoisotopic (exact) mass is 210 g/mol. The van der Waals surface area contributed by atoms with Crippen LogP contribution in [0.4, 0.5) is 0 Å². The third-order valence-electron chi connectivity index (χ3n) is 3.22. The van der Waals surface area contributed by atoms with Crippen molar-refractivity contribution in [1.29, 1.82) is 0 Å². The summed E-state index contributed by atoms with van der Waals surface area (Å²) in [4.78, 5) is 0. The van der Waals surface area contributed by atoms with Crippen molar-refractivity contribution in [2.45, 2.75) is 45.1 Å². The van der Waals surface area contributed by atoms with Crippen LogP contribution in [0, 0.1) is 5.41 Å². The smallest absolute Gasteiger partial charge is 0.0741 e. The maximum Gasteiger partial charge on any atom is 0.0741 e. The van der Waals surface area contributed by atoms with Crippen molar-refractivity contribution in [3.8, 4) is 0 Å². The van der Waals surface area contributed by atoms with Gasteiger partial charge in [0, 0.05) is 5.38 Å². The van der Waals surface area contributed by atoms with Gasteiger partial charge < -0.3 is 5.73 Å². The molecule has 0 aromatic carbocycles. The molecule has 1 aliphatic carbocycles. The minimum Gasteiger partial charge on any atom is -0.320 e. The second-order valence-corrected chi connectivity index (χ2v) is 5.90. The third-order valence-corrected chi connectivity index (χ3v) is 3.78. The van der Waals surface area contributed by atoms with Gasteiger partial charge in [0.1, 0.15) is 0 Å². The largest absolute Gasteiger partial charge is 0.320 e. The first-order chi connectivity index (χ1) is 6.52. The van der Waals surface area contributed by atoms with Crippen LogP contribution in [0.3, 0.4) is 0 Å². The van der Waals surface area contributed by atoms with Gasteiger partial charge in [-0.3, -0.25) is 0 Å². The minimum absolute atomic E-state index is 0.165. The Morgan fingerprint density at radius 3 is 2.79 bits per heavy atom. The lowest BCUT2D eigenvalue weighted by Gasteiger charge is -2.41. The molecule has 78 valence electrons. The van der Waals surface area contributed by atoms with Crippen molar-refractivity contribution < 1.29 is 0 Å². The van der Waals surface area contributed by atoms with E-state index in [-0.39, 0.29) is 5.54 Å². The zero-order valence-corrected chi connectivity index (χ0v) is 9.73. The summed E-state index contributed by atoms with van der Waals surface area (Å²) in [6.45, 7) is 4.61. The molecule has 1 atom stereocenters. The lowest BCUT2D eigenvalue weighted by atomic mass is 9.67. The van der Waals surface area contributed by atoms with Crippen LogP contribution in [0.25, 0.3) is 0 Å².